The molecule has 0 radical (unpaired) electrons. The number of hydrogen-bond donors (Lipinski definition) is 0. The van der Waals surface area contributed by atoms with Crippen molar-refractivity contribution < 1.29 is 14.3 Å². The molecule has 0 aromatic rings. The molecule has 2 atom stereocenters. The minimum atomic E-state index is -0.621. The standard InChI is InChI=1S/C24H40O3/c1-9-23(7,17-11-14-20(3)4)26-19-13-16-22(25)27-24(8,10-2)18-12-15-21(5)6/h9-10,14-15H,1-2,11-13,16-19H2,3-8H3. The molecule has 0 aromatic carbocycles. The third-order valence-electron chi connectivity index (χ3n) is 4.55. The van der Waals surface area contributed by atoms with Crippen LogP contribution in [0, 0.1) is 0 Å². The highest BCUT2D eigenvalue weighted by Gasteiger charge is 2.24. The first kappa shape index (κ1) is 25.4. The lowest BCUT2D eigenvalue weighted by atomic mass is 9.99. The van der Waals surface area contributed by atoms with Crippen LogP contribution in [0.4, 0.5) is 0 Å². The van der Waals surface area contributed by atoms with Gasteiger partial charge in [0.25, 0.3) is 0 Å². The second-order valence-corrected chi connectivity index (χ2v) is 8.10. The molecule has 0 aliphatic carbocycles. The molecule has 0 bridgehead atoms. The summed E-state index contributed by atoms with van der Waals surface area (Å²) in [6.45, 7) is 20.5. The van der Waals surface area contributed by atoms with Gasteiger partial charge in [0.05, 0.1) is 5.60 Å². The zero-order valence-electron chi connectivity index (χ0n) is 18.4. The number of allylic oxidation sites excluding steroid dienone is 4. The van der Waals surface area contributed by atoms with E-state index in [1.807, 2.05) is 19.9 Å². The van der Waals surface area contributed by atoms with Crippen molar-refractivity contribution in [3.05, 3.63) is 48.6 Å². The third kappa shape index (κ3) is 12.4. The summed E-state index contributed by atoms with van der Waals surface area (Å²) >= 11 is 0. The molecule has 2 unspecified atom stereocenters. The normalized spacial score (nSPS) is 15.0. The van der Waals surface area contributed by atoms with Crippen molar-refractivity contribution in [2.45, 2.75) is 91.3 Å². The van der Waals surface area contributed by atoms with Crippen LogP contribution in [0.25, 0.3) is 0 Å². The van der Waals surface area contributed by atoms with Crippen LogP contribution in [0.15, 0.2) is 48.6 Å². The Bertz CT molecular complexity index is 536. The van der Waals surface area contributed by atoms with Crippen molar-refractivity contribution in [1.29, 1.82) is 0 Å². The van der Waals surface area contributed by atoms with Crippen molar-refractivity contribution in [3.63, 3.8) is 0 Å². The Balaban J connectivity index is 4.32. The number of hydrogen-bond acceptors (Lipinski definition) is 3. The van der Waals surface area contributed by atoms with Crippen LogP contribution in [-0.2, 0) is 14.3 Å². The molecule has 0 fully saturated rings. The highest BCUT2D eigenvalue weighted by Crippen LogP contribution is 2.22. The van der Waals surface area contributed by atoms with Gasteiger partial charge in [-0.25, -0.2) is 0 Å². The van der Waals surface area contributed by atoms with E-state index >= 15 is 0 Å². The minimum absolute atomic E-state index is 0.206. The Labute approximate surface area is 167 Å². The molecule has 0 spiro atoms. The Morgan fingerprint density at radius 2 is 1.37 bits per heavy atom. The smallest absolute Gasteiger partial charge is 0.306 e. The van der Waals surface area contributed by atoms with Gasteiger partial charge in [-0.05, 0) is 79.7 Å². The van der Waals surface area contributed by atoms with Crippen LogP contribution in [0.5, 0.6) is 0 Å². The van der Waals surface area contributed by atoms with E-state index < -0.39 is 5.60 Å². The maximum Gasteiger partial charge on any atom is 0.306 e. The first-order chi connectivity index (χ1) is 12.6. The monoisotopic (exact) mass is 376 g/mol. The summed E-state index contributed by atoms with van der Waals surface area (Å²) in [7, 11) is 0. The Hall–Kier alpha value is -1.61. The Morgan fingerprint density at radius 3 is 1.81 bits per heavy atom. The van der Waals surface area contributed by atoms with Crippen LogP contribution in [-0.4, -0.2) is 23.8 Å². The van der Waals surface area contributed by atoms with Crippen molar-refractivity contribution in [1.82, 2.24) is 0 Å². The van der Waals surface area contributed by atoms with Crippen LogP contribution in [0.3, 0.4) is 0 Å². The van der Waals surface area contributed by atoms with Crippen molar-refractivity contribution in [3.8, 4) is 0 Å². The molecule has 0 saturated carbocycles. The van der Waals surface area contributed by atoms with Gasteiger partial charge in [-0.15, -0.1) is 6.58 Å². The SMILES string of the molecule is C=CC(C)(CCC=C(C)C)OCCCC(=O)OC(C)(C=C)CCC=C(C)C. The molecule has 0 aromatic heterocycles. The largest absolute Gasteiger partial charge is 0.455 e. The first-order valence-corrected chi connectivity index (χ1v) is 9.95. The van der Waals surface area contributed by atoms with Crippen molar-refractivity contribution in [2.75, 3.05) is 6.61 Å². The van der Waals surface area contributed by atoms with E-state index in [0.29, 0.717) is 19.4 Å². The maximum absolute atomic E-state index is 12.2. The average Bonchev–Trinajstić information content (AvgIpc) is 2.58. The molecular formula is C24H40O3. The van der Waals surface area contributed by atoms with E-state index in [1.165, 1.54) is 11.1 Å². The fraction of sp³-hybridized carbons (Fsp3) is 0.625. The Morgan fingerprint density at radius 1 is 0.889 bits per heavy atom. The van der Waals surface area contributed by atoms with Gasteiger partial charge < -0.3 is 9.47 Å². The third-order valence-corrected chi connectivity index (χ3v) is 4.55. The predicted molar refractivity (Wildman–Crippen MR) is 116 cm³/mol. The van der Waals surface area contributed by atoms with Crippen LogP contribution in [0.2, 0.25) is 0 Å². The van der Waals surface area contributed by atoms with E-state index in [1.54, 1.807) is 6.08 Å². The second-order valence-electron chi connectivity index (χ2n) is 8.10. The predicted octanol–water partition coefficient (Wildman–Crippen LogP) is 6.71. The summed E-state index contributed by atoms with van der Waals surface area (Å²) in [5, 5.41) is 0. The molecule has 0 heterocycles. The quantitative estimate of drug-likeness (QED) is 0.192. The maximum atomic E-state index is 12.2. The highest BCUT2D eigenvalue weighted by atomic mass is 16.6. The van der Waals surface area contributed by atoms with Gasteiger partial charge in [-0.1, -0.05) is 36.0 Å². The van der Waals surface area contributed by atoms with Gasteiger partial charge in [0.2, 0.25) is 0 Å². The first-order valence-electron chi connectivity index (χ1n) is 9.95. The summed E-state index contributed by atoms with van der Waals surface area (Å²) in [6.07, 6.45) is 12.3. The lowest BCUT2D eigenvalue weighted by molar-refractivity contribution is -0.154. The van der Waals surface area contributed by atoms with Crippen molar-refractivity contribution in [2.24, 2.45) is 0 Å². The van der Waals surface area contributed by atoms with E-state index in [2.05, 4.69) is 53.0 Å². The van der Waals surface area contributed by atoms with Crippen LogP contribution < -0.4 is 0 Å². The molecule has 27 heavy (non-hydrogen) atoms. The molecular weight excluding hydrogens is 336 g/mol. The van der Waals surface area contributed by atoms with Crippen LogP contribution in [0.1, 0.15) is 80.1 Å². The summed E-state index contributed by atoms with van der Waals surface area (Å²) in [6, 6.07) is 0. The summed E-state index contributed by atoms with van der Waals surface area (Å²) in [5.74, 6) is -0.206. The van der Waals surface area contributed by atoms with Crippen molar-refractivity contribution >= 4 is 5.97 Å². The summed E-state index contributed by atoms with van der Waals surface area (Å²) in [4.78, 5) is 12.2. The minimum Gasteiger partial charge on any atom is -0.455 e. The average molecular weight is 377 g/mol. The van der Waals surface area contributed by atoms with Gasteiger partial charge in [0.1, 0.15) is 5.60 Å². The molecule has 0 saturated heterocycles. The molecule has 154 valence electrons. The van der Waals surface area contributed by atoms with Gasteiger partial charge in [0, 0.05) is 13.0 Å². The van der Waals surface area contributed by atoms with E-state index in [4.69, 9.17) is 9.47 Å². The fourth-order valence-corrected chi connectivity index (χ4v) is 2.56. The molecule has 0 aliphatic heterocycles. The van der Waals surface area contributed by atoms with E-state index in [0.717, 1.165) is 25.7 Å². The molecule has 0 aliphatic rings. The molecule has 0 amide bonds. The van der Waals surface area contributed by atoms with E-state index in [9.17, 15) is 4.79 Å². The van der Waals surface area contributed by atoms with Gasteiger partial charge in [-0.3, -0.25) is 4.79 Å². The molecule has 0 N–H and O–H groups in total. The van der Waals surface area contributed by atoms with Gasteiger partial charge in [-0.2, -0.15) is 0 Å². The molecule has 3 nitrogen and oxygen atoms in total. The molecule has 3 heteroatoms. The topological polar surface area (TPSA) is 35.5 Å². The lowest BCUT2D eigenvalue weighted by Crippen LogP contribution is -2.30. The van der Waals surface area contributed by atoms with Gasteiger partial charge in [0.15, 0.2) is 0 Å². The Kier molecular flexibility index (Phi) is 12.0. The second kappa shape index (κ2) is 12.7. The lowest BCUT2D eigenvalue weighted by Gasteiger charge is -2.27. The molecule has 0 rings (SSSR count). The summed E-state index contributed by atoms with van der Waals surface area (Å²) < 4.78 is 11.6. The number of ether oxygens (including phenoxy) is 2. The summed E-state index contributed by atoms with van der Waals surface area (Å²) in [5.41, 5.74) is 1.58. The zero-order chi connectivity index (χ0) is 20.9. The number of esters is 1. The highest BCUT2D eigenvalue weighted by molar-refractivity contribution is 5.70. The van der Waals surface area contributed by atoms with Crippen LogP contribution >= 0.6 is 0 Å². The zero-order valence-corrected chi connectivity index (χ0v) is 18.4. The fourth-order valence-electron chi connectivity index (χ4n) is 2.56. The number of carbonyl (C=O) groups is 1. The number of carbonyl (C=O) groups excluding carboxylic acids is 1. The van der Waals surface area contributed by atoms with Gasteiger partial charge >= 0.3 is 5.97 Å². The number of rotatable bonds is 14. The van der Waals surface area contributed by atoms with E-state index in [-0.39, 0.29) is 11.6 Å².